The Kier molecular flexibility index (Phi) is 5.49. The highest BCUT2D eigenvalue weighted by Gasteiger charge is 2.30. The molecule has 3 atom stereocenters. The molecule has 0 spiro atoms. The smallest absolute Gasteiger partial charge is 0.0501 e. The lowest BCUT2D eigenvalue weighted by Crippen LogP contribution is -2.45. The average molecular weight is 257 g/mol. The van der Waals surface area contributed by atoms with Gasteiger partial charge in [0.15, 0.2) is 0 Å². The summed E-state index contributed by atoms with van der Waals surface area (Å²) in [5, 5.41) is 3.98. The van der Waals surface area contributed by atoms with Crippen LogP contribution in [-0.2, 0) is 10.8 Å². The molecule has 3 unspecified atom stereocenters. The normalized spacial score (nSPS) is 32.8. The molecule has 0 amide bonds. The van der Waals surface area contributed by atoms with E-state index in [2.05, 4.69) is 12.2 Å². The van der Waals surface area contributed by atoms with Crippen molar-refractivity contribution >= 4 is 10.8 Å². The molecular formula is C14H27NOS. The summed E-state index contributed by atoms with van der Waals surface area (Å²) >= 11 is 0. The number of rotatable bonds is 5. The molecule has 2 fully saturated rings. The lowest BCUT2D eigenvalue weighted by molar-refractivity contribution is 0.384. The summed E-state index contributed by atoms with van der Waals surface area (Å²) in [6.45, 7) is 3.17. The molecule has 2 aliphatic carbocycles. The second-order valence-corrected chi connectivity index (χ2v) is 7.39. The van der Waals surface area contributed by atoms with Gasteiger partial charge in [-0.2, -0.15) is 0 Å². The van der Waals surface area contributed by atoms with Gasteiger partial charge in [0.2, 0.25) is 0 Å². The average Bonchev–Trinajstić information content (AvgIpc) is 2.83. The van der Waals surface area contributed by atoms with Gasteiger partial charge in [-0.3, -0.25) is 4.21 Å². The Balaban J connectivity index is 1.86. The summed E-state index contributed by atoms with van der Waals surface area (Å²) in [5.41, 5.74) is 0. The van der Waals surface area contributed by atoms with Crippen molar-refractivity contribution in [3.8, 4) is 0 Å². The Bertz CT molecular complexity index is 249. The van der Waals surface area contributed by atoms with Crippen molar-refractivity contribution in [2.24, 2.45) is 5.92 Å². The molecule has 0 aliphatic heterocycles. The maximum Gasteiger partial charge on any atom is 0.0501 e. The molecule has 100 valence electrons. The SMILES string of the molecule is CCNC1CCCCC1S(=O)CC1CCCC1. The molecule has 1 N–H and O–H groups in total. The molecule has 0 bridgehead atoms. The molecule has 0 aromatic heterocycles. The standard InChI is InChI=1S/C14H27NOS/c1-2-15-13-9-5-6-10-14(13)17(16)11-12-7-3-4-8-12/h12-15H,2-11H2,1H3. The maximum absolute atomic E-state index is 12.5. The molecule has 3 heteroatoms. The fourth-order valence-electron chi connectivity index (χ4n) is 3.44. The van der Waals surface area contributed by atoms with E-state index in [-0.39, 0.29) is 0 Å². The molecule has 2 nitrogen and oxygen atoms in total. The van der Waals surface area contributed by atoms with Gasteiger partial charge in [0.05, 0.1) is 5.25 Å². The second kappa shape index (κ2) is 6.89. The van der Waals surface area contributed by atoms with Crippen molar-refractivity contribution in [3.05, 3.63) is 0 Å². The highest BCUT2D eigenvalue weighted by atomic mass is 32.2. The van der Waals surface area contributed by atoms with E-state index in [1.807, 2.05) is 0 Å². The van der Waals surface area contributed by atoms with Gasteiger partial charge < -0.3 is 5.32 Å². The third-order valence-corrected chi connectivity index (χ3v) is 6.42. The second-order valence-electron chi connectivity index (χ2n) is 5.68. The Morgan fingerprint density at radius 1 is 1.06 bits per heavy atom. The predicted octanol–water partition coefficient (Wildman–Crippen LogP) is 2.85. The van der Waals surface area contributed by atoms with E-state index in [1.165, 1.54) is 51.4 Å². The molecule has 2 rings (SSSR count). The van der Waals surface area contributed by atoms with Crippen LogP contribution in [0.2, 0.25) is 0 Å². The zero-order valence-corrected chi connectivity index (χ0v) is 11.9. The predicted molar refractivity (Wildman–Crippen MR) is 74.7 cm³/mol. The van der Waals surface area contributed by atoms with Crippen molar-refractivity contribution in [1.29, 1.82) is 0 Å². The van der Waals surface area contributed by atoms with Crippen LogP contribution in [-0.4, -0.2) is 27.8 Å². The summed E-state index contributed by atoms with van der Waals surface area (Å²) < 4.78 is 12.5. The highest BCUT2D eigenvalue weighted by molar-refractivity contribution is 7.85. The van der Waals surface area contributed by atoms with Gasteiger partial charge in [-0.05, 0) is 38.1 Å². The molecule has 0 radical (unpaired) electrons. The van der Waals surface area contributed by atoms with Crippen molar-refractivity contribution < 1.29 is 4.21 Å². The van der Waals surface area contributed by atoms with Crippen LogP contribution in [0, 0.1) is 5.92 Å². The van der Waals surface area contributed by atoms with Crippen molar-refractivity contribution in [2.75, 3.05) is 12.3 Å². The number of nitrogens with one attached hydrogen (secondary N) is 1. The molecule has 2 aliphatic rings. The van der Waals surface area contributed by atoms with Gasteiger partial charge in [-0.1, -0.05) is 32.6 Å². The van der Waals surface area contributed by atoms with Crippen LogP contribution in [0.3, 0.4) is 0 Å². The van der Waals surface area contributed by atoms with Crippen LogP contribution in [0.25, 0.3) is 0 Å². The third-order valence-electron chi connectivity index (χ3n) is 4.38. The Hall–Kier alpha value is 0.110. The summed E-state index contributed by atoms with van der Waals surface area (Å²) in [6, 6.07) is 0.524. The zero-order chi connectivity index (χ0) is 12.1. The minimum Gasteiger partial charge on any atom is -0.313 e. The number of hydrogen-bond acceptors (Lipinski definition) is 2. The molecule has 17 heavy (non-hydrogen) atoms. The summed E-state index contributed by atoms with van der Waals surface area (Å²) in [6.07, 6.45) is 10.4. The van der Waals surface area contributed by atoms with Crippen LogP contribution < -0.4 is 5.32 Å². The van der Waals surface area contributed by atoms with Crippen molar-refractivity contribution in [1.82, 2.24) is 5.32 Å². The lowest BCUT2D eigenvalue weighted by Gasteiger charge is -2.32. The van der Waals surface area contributed by atoms with Crippen LogP contribution in [0.4, 0.5) is 0 Å². The fourth-order valence-corrected chi connectivity index (χ4v) is 5.51. The monoisotopic (exact) mass is 257 g/mol. The first kappa shape index (κ1) is 13.5. The molecule has 0 aromatic rings. The molecule has 0 saturated heterocycles. The summed E-state index contributed by atoms with van der Waals surface area (Å²) in [7, 11) is -0.590. The van der Waals surface area contributed by atoms with Crippen LogP contribution in [0.5, 0.6) is 0 Å². The van der Waals surface area contributed by atoms with Crippen LogP contribution in [0.1, 0.15) is 58.3 Å². The largest absolute Gasteiger partial charge is 0.313 e. The summed E-state index contributed by atoms with van der Waals surface area (Å²) in [5.74, 6) is 1.74. The van der Waals surface area contributed by atoms with E-state index in [1.54, 1.807) is 0 Å². The topological polar surface area (TPSA) is 29.1 Å². The van der Waals surface area contributed by atoms with E-state index in [0.717, 1.165) is 18.2 Å². The summed E-state index contributed by atoms with van der Waals surface area (Å²) in [4.78, 5) is 0. The van der Waals surface area contributed by atoms with Crippen molar-refractivity contribution in [2.45, 2.75) is 69.6 Å². The Morgan fingerprint density at radius 2 is 1.71 bits per heavy atom. The minimum atomic E-state index is -0.590. The molecule has 2 saturated carbocycles. The molecular weight excluding hydrogens is 230 g/mol. The minimum absolute atomic E-state index is 0.435. The first-order valence-corrected chi connectivity index (χ1v) is 8.80. The van der Waals surface area contributed by atoms with Crippen LogP contribution >= 0.6 is 0 Å². The highest BCUT2D eigenvalue weighted by Crippen LogP contribution is 2.29. The molecule has 0 heterocycles. The first-order valence-electron chi connectivity index (χ1n) is 7.41. The Morgan fingerprint density at radius 3 is 2.41 bits per heavy atom. The van der Waals surface area contributed by atoms with Gasteiger partial charge in [0.25, 0.3) is 0 Å². The lowest BCUT2D eigenvalue weighted by atomic mass is 9.95. The van der Waals surface area contributed by atoms with E-state index >= 15 is 0 Å². The Labute approximate surface area is 108 Å². The van der Waals surface area contributed by atoms with Gasteiger partial charge in [0.1, 0.15) is 0 Å². The number of hydrogen-bond donors (Lipinski definition) is 1. The van der Waals surface area contributed by atoms with E-state index in [0.29, 0.717) is 11.3 Å². The zero-order valence-electron chi connectivity index (χ0n) is 11.1. The van der Waals surface area contributed by atoms with E-state index in [9.17, 15) is 4.21 Å². The van der Waals surface area contributed by atoms with Gasteiger partial charge in [-0.25, -0.2) is 0 Å². The van der Waals surface area contributed by atoms with Gasteiger partial charge in [-0.15, -0.1) is 0 Å². The maximum atomic E-state index is 12.5. The first-order chi connectivity index (χ1) is 8.31. The fraction of sp³-hybridized carbons (Fsp3) is 1.00. The quantitative estimate of drug-likeness (QED) is 0.820. The van der Waals surface area contributed by atoms with E-state index < -0.39 is 10.8 Å². The van der Waals surface area contributed by atoms with Crippen molar-refractivity contribution in [3.63, 3.8) is 0 Å². The third kappa shape index (κ3) is 3.78. The molecule has 0 aromatic carbocycles. The van der Waals surface area contributed by atoms with Crippen LogP contribution in [0.15, 0.2) is 0 Å². The van der Waals surface area contributed by atoms with Gasteiger partial charge >= 0.3 is 0 Å². The van der Waals surface area contributed by atoms with Gasteiger partial charge in [0, 0.05) is 22.6 Å². The van der Waals surface area contributed by atoms with E-state index in [4.69, 9.17) is 0 Å².